The van der Waals surface area contributed by atoms with E-state index in [0.29, 0.717) is 5.02 Å². The van der Waals surface area contributed by atoms with Crippen LogP contribution in [0.4, 0.5) is 11.5 Å². The Labute approximate surface area is 150 Å². The van der Waals surface area contributed by atoms with Crippen LogP contribution in [0.15, 0.2) is 54.9 Å². The van der Waals surface area contributed by atoms with E-state index in [1.165, 1.54) is 0 Å². The van der Waals surface area contributed by atoms with E-state index in [-0.39, 0.29) is 11.9 Å². The Kier molecular flexibility index (Phi) is 4.24. The standard InChI is InChI=1S/C19H17ClN4O/c20-13-7-9-14(10-8-13)23-19(25)17-6-3-11-24(17)18-15-4-1-2-5-16(15)21-12-22-18/h1-2,4-5,7-10,12,17H,3,6,11H2,(H,23,25). The summed E-state index contributed by atoms with van der Waals surface area (Å²) in [6.07, 6.45) is 3.32. The number of para-hydroxylation sites is 1. The molecule has 2 aromatic carbocycles. The molecular weight excluding hydrogens is 336 g/mol. The molecule has 0 radical (unpaired) electrons. The first-order valence-corrected chi connectivity index (χ1v) is 8.63. The first kappa shape index (κ1) is 15.8. The Morgan fingerprint density at radius 1 is 1.12 bits per heavy atom. The fourth-order valence-corrected chi connectivity index (χ4v) is 3.40. The third kappa shape index (κ3) is 3.15. The molecule has 1 amide bonds. The van der Waals surface area contributed by atoms with Gasteiger partial charge in [-0.1, -0.05) is 23.7 Å². The van der Waals surface area contributed by atoms with Gasteiger partial charge in [0.05, 0.1) is 5.52 Å². The van der Waals surface area contributed by atoms with Crippen molar-refractivity contribution in [2.45, 2.75) is 18.9 Å². The smallest absolute Gasteiger partial charge is 0.247 e. The SMILES string of the molecule is O=C(Nc1ccc(Cl)cc1)C1CCCN1c1ncnc2ccccc12. The molecule has 1 fully saturated rings. The second-order valence-electron chi connectivity index (χ2n) is 6.06. The molecule has 126 valence electrons. The van der Waals surface area contributed by atoms with Gasteiger partial charge in [-0.25, -0.2) is 9.97 Å². The van der Waals surface area contributed by atoms with Crippen LogP contribution < -0.4 is 10.2 Å². The molecular formula is C19H17ClN4O. The summed E-state index contributed by atoms with van der Waals surface area (Å²) < 4.78 is 0. The van der Waals surface area contributed by atoms with Gasteiger partial charge in [0.25, 0.3) is 0 Å². The van der Waals surface area contributed by atoms with Crippen molar-refractivity contribution in [2.24, 2.45) is 0 Å². The highest BCUT2D eigenvalue weighted by molar-refractivity contribution is 6.30. The molecule has 1 aromatic heterocycles. The number of aromatic nitrogens is 2. The number of hydrogen-bond donors (Lipinski definition) is 1. The summed E-state index contributed by atoms with van der Waals surface area (Å²) in [6.45, 7) is 0.805. The molecule has 1 saturated heterocycles. The summed E-state index contributed by atoms with van der Waals surface area (Å²) in [7, 11) is 0. The molecule has 0 spiro atoms. The molecule has 4 rings (SSSR count). The average molecular weight is 353 g/mol. The number of nitrogens with zero attached hydrogens (tertiary/aromatic N) is 3. The second-order valence-corrected chi connectivity index (χ2v) is 6.50. The van der Waals surface area contributed by atoms with Crippen LogP contribution in [-0.2, 0) is 4.79 Å². The number of halogens is 1. The van der Waals surface area contributed by atoms with Crippen molar-refractivity contribution in [1.29, 1.82) is 0 Å². The Morgan fingerprint density at radius 2 is 1.92 bits per heavy atom. The Morgan fingerprint density at radius 3 is 2.76 bits per heavy atom. The van der Waals surface area contributed by atoms with Gasteiger partial charge in [0.2, 0.25) is 5.91 Å². The van der Waals surface area contributed by atoms with Gasteiger partial charge in [-0.15, -0.1) is 0 Å². The first-order valence-electron chi connectivity index (χ1n) is 8.25. The number of nitrogens with one attached hydrogen (secondary N) is 1. The lowest BCUT2D eigenvalue weighted by atomic mass is 10.1. The minimum absolute atomic E-state index is 0.0254. The third-order valence-electron chi connectivity index (χ3n) is 4.46. The summed E-state index contributed by atoms with van der Waals surface area (Å²) in [5.74, 6) is 0.793. The van der Waals surface area contributed by atoms with Gasteiger partial charge in [-0.05, 0) is 49.2 Å². The normalized spacial score (nSPS) is 17.0. The molecule has 0 aliphatic carbocycles. The van der Waals surface area contributed by atoms with Crippen molar-refractivity contribution >= 4 is 39.9 Å². The minimum atomic E-state index is -0.242. The minimum Gasteiger partial charge on any atom is -0.344 e. The van der Waals surface area contributed by atoms with Gasteiger partial charge >= 0.3 is 0 Å². The van der Waals surface area contributed by atoms with Crippen molar-refractivity contribution in [3.63, 3.8) is 0 Å². The third-order valence-corrected chi connectivity index (χ3v) is 4.71. The molecule has 5 nitrogen and oxygen atoms in total. The summed E-state index contributed by atoms with van der Waals surface area (Å²) in [6, 6.07) is 14.8. The van der Waals surface area contributed by atoms with E-state index >= 15 is 0 Å². The zero-order chi connectivity index (χ0) is 17.2. The van der Waals surface area contributed by atoms with E-state index < -0.39 is 0 Å². The van der Waals surface area contributed by atoms with E-state index in [1.54, 1.807) is 30.6 Å². The Hall–Kier alpha value is -2.66. The van der Waals surface area contributed by atoms with Crippen molar-refractivity contribution in [1.82, 2.24) is 9.97 Å². The highest BCUT2D eigenvalue weighted by Gasteiger charge is 2.32. The van der Waals surface area contributed by atoms with Crippen LogP contribution in [0.5, 0.6) is 0 Å². The summed E-state index contributed by atoms with van der Waals surface area (Å²) >= 11 is 5.90. The number of carbonyl (C=O) groups excluding carboxylic acids is 1. The maximum absolute atomic E-state index is 12.8. The molecule has 0 bridgehead atoms. The number of rotatable bonds is 3. The second kappa shape index (κ2) is 6.69. The van der Waals surface area contributed by atoms with Crippen LogP contribution in [0, 0.1) is 0 Å². The van der Waals surface area contributed by atoms with E-state index in [1.807, 2.05) is 24.3 Å². The van der Waals surface area contributed by atoms with Crippen molar-refractivity contribution in [3.05, 3.63) is 59.9 Å². The molecule has 1 N–H and O–H groups in total. The van der Waals surface area contributed by atoms with Gasteiger partial charge in [0.1, 0.15) is 18.2 Å². The quantitative estimate of drug-likeness (QED) is 0.777. The van der Waals surface area contributed by atoms with Gasteiger partial charge in [0.15, 0.2) is 0 Å². The number of anilines is 2. The van der Waals surface area contributed by atoms with Gasteiger partial charge in [0, 0.05) is 22.6 Å². The molecule has 1 aliphatic heterocycles. The van der Waals surface area contributed by atoms with Crippen LogP contribution in [0.2, 0.25) is 5.02 Å². The van der Waals surface area contributed by atoms with Crippen molar-refractivity contribution in [3.8, 4) is 0 Å². The fourth-order valence-electron chi connectivity index (χ4n) is 3.27. The first-order chi connectivity index (χ1) is 12.2. The zero-order valence-electron chi connectivity index (χ0n) is 13.5. The van der Waals surface area contributed by atoms with Gasteiger partial charge < -0.3 is 10.2 Å². The van der Waals surface area contributed by atoms with Crippen molar-refractivity contribution < 1.29 is 4.79 Å². The lowest BCUT2D eigenvalue weighted by Gasteiger charge is -2.25. The predicted octanol–water partition coefficient (Wildman–Crippen LogP) is 3.89. The molecule has 0 saturated carbocycles. The number of hydrogen-bond acceptors (Lipinski definition) is 4. The highest BCUT2D eigenvalue weighted by Crippen LogP contribution is 2.30. The topological polar surface area (TPSA) is 58.1 Å². The molecule has 3 aromatic rings. The van der Waals surface area contributed by atoms with Gasteiger partial charge in [-0.3, -0.25) is 4.79 Å². The lowest BCUT2D eigenvalue weighted by molar-refractivity contribution is -0.117. The summed E-state index contributed by atoms with van der Waals surface area (Å²) in [4.78, 5) is 23.6. The zero-order valence-corrected chi connectivity index (χ0v) is 14.3. The maximum Gasteiger partial charge on any atom is 0.247 e. The average Bonchev–Trinajstić information content (AvgIpc) is 3.13. The molecule has 2 heterocycles. The maximum atomic E-state index is 12.8. The fraction of sp³-hybridized carbons (Fsp3) is 0.211. The highest BCUT2D eigenvalue weighted by atomic mass is 35.5. The van der Waals surface area contributed by atoms with Crippen LogP contribution in [0.3, 0.4) is 0 Å². The molecule has 1 unspecified atom stereocenters. The monoisotopic (exact) mass is 352 g/mol. The summed E-state index contributed by atoms with van der Waals surface area (Å²) in [5.41, 5.74) is 1.63. The van der Waals surface area contributed by atoms with Crippen LogP contribution in [-0.4, -0.2) is 28.5 Å². The molecule has 1 aliphatic rings. The molecule has 25 heavy (non-hydrogen) atoms. The van der Waals surface area contributed by atoms with E-state index in [4.69, 9.17) is 11.6 Å². The van der Waals surface area contributed by atoms with Crippen molar-refractivity contribution in [2.75, 3.05) is 16.8 Å². The van der Waals surface area contributed by atoms with Crippen LogP contribution in [0.1, 0.15) is 12.8 Å². The van der Waals surface area contributed by atoms with Gasteiger partial charge in [-0.2, -0.15) is 0 Å². The largest absolute Gasteiger partial charge is 0.344 e. The number of carbonyl (C=O) groups is 1. The number of fused-ring (bicyclic) bond motifs is 1. The van der Waals surface area contributed by atoms with E-state index in [9.17, 15) is 4.79 Å². The summed E-state index contributed by atoms with van der Waals surface area (Å²) in [5, 5.41) is 4.59. The molecule has 6 heteroatoms. The predicted molar refractivity (Wildman–Crippen MR) is 100.0 cm³/mol. The number of amides is 1. The van der Waals surface area contributed by atoms with Crippen LogP contribution in [0.25, 0.3) is 10.9 Å². The van der Waals surface area contributed by atoms with E-state index in [0.717, 1.165) is 41.8 Å². The lowest BCUT2D eigenvalue weighted by Crippen LogP contribution is -2.40. The Bertz CT molecular complexity index is 907. The number of benzene rings is 2. The van der Waals surface area contributed by atoms with Crippen LogP contribution >= 0.6 is 11.6 Å². The van der Waals surface area contributed by atoms with E-state index in [2.05, 4.69) is 20.2 Å². The Balaban J connectivity index is 1.61. The molecule has 1 atom stereocenters.